The van der Waals surface area contributed by atoms with Crippen LogP contribution >= 0.6 is 12.4 Å². The molecule has 0 saturated carbocycles. The largest absolute Gasteiger partial charge is 0.441 e. The smallest absolute Gasteiger partial charge is 0.410 e. The molecule has 3 aliphatic heterocycles. The number of piperidine rings is 1. The van der Waals surface area contributed by atoms with Crippen LogP contribution in [0.2, 0.25) is 0 Å². The molecule has 0 aliphatic carbocycles. The molecule has 10 heteroatoms. The molecule has 2 amide bonds. The maximum absolute atomic E-state index is 12.9. The standard InChI is InChI=1S/C18H27N5O4.ClH/c24-16(13-22-14-18(27-17(22)25)3-6-19-7-4-18)21-8-2-10-26-15(11-21)12-23-9-1-5-20-23;/h1,5,9,15,19H,2-4,6-8,10-14H2;1H. The lowest BCUT2D eigenvalue weighted by Gasteiger charge is -2.31. The lowest BCUT2D eigenvalue weighted by molar-refractivity contribution is -0.132. The van der Waals surface area contributed by atoms with Crippen molar-refractivity contribution in [2.45, 2.75) is 37.5 Å². The van der Waals surface area contributed by atoms with Crippen molar-refractivity contribution in [1.82, 2.24) is 24.9 Å². The molecule has 28 heavy (non-hydrogen) atoms. The predicted molar refractivity (Wildman–Crippen MR) is 103 cm³/mol. The number of carbonyl (C=O) groups excluding carboxylic acids is 2. The predicted octanol–water partition coefficient (Wildman–Crippen LogP) is 0.497. The third kappa shape index (κ3) is 4.76. The van der Waals surface area contributed by atoms with Crippen molar-refractivity contribution >= 4 is 24.4 Å². The molecule has 0 radical (unpaired) electrons. The first-order valence-corrected chi connectivity index (χ1v) is 9.69. The molecule has 4 rings (SSSR count). The summed E-state index contributed by atoms with van der Waals surface area (Å²) in [5, 5.41) is 7.49. The molecule has 1 N–H and O–H groups in total. The number of hydrogen-bond donors (Lipinski definition) is 1. The molecule has 1 unspecified atom stereocenters. The lowest BCUT2D eigenvalue weighted by atomic mass is 9.92. The van der Waals surface area contributed by atoms with E-state index in [1.54, 1.807) is 11.1 Å². The van der Waals surface area contributed by atoms with Gasteiger partial charge in [0.05, 0.1) is 19.2 Å². The van der Waals surface area contributed by atoms with Crippen molar-refractivity contribution in [3.8, 4) is 0 Å². The number of nitrogens with zero attached hydrogens (tertiary/aromatic N) is 4. The van der Waals surface area contributed by atoms with Gasteiger partial charge in [0.1, 0.15) is 12.1 Å². The highest BCUT2D eigenvalue weighted by molar-refractivity contribution is 5.85. The summed E-state index contributed by atoms with van der Waals surface area (Å²) in [4.78, 5) is 28.5. The van der Waals surface area contributed by atoms with Crippen molar-refractivity contribution in [3.63, 3.8) is 0 Å². The number of halogens is 1. The van der Waals surface area contributed by atoms with Crippen molar-refractivity contribution in [1.29, 1.82) is 0 Å². The van der Waals surface area contributed by atoms with Crippen LogP contribution in [0.3, 0.4) is 0 Å². The van der Waals surface area contributed by atoms with E-state index in [1.807, 2.05) is 21.8 Å². The fourth-order valence-electron chi connectivity index (χ4n) is 4.07. The summed E-state index contributed by atoms with van der Waals surface area (Å²) in [6, 6.07) is 1.87. The van der Waals surface area contributed by atoms with Crippen LogP contribution in [0.1, 0.15) is 19.3 Å². The van der Waals surface area contributed by atoms with Gasteiger partial charge >= 0.3 is 6.09 Å². The minimum absolute atomic E-state index is 0. The minimum Gasteiger partial charge on any atom is -0.441 e. The zero-order chi connectivity index (χ0) is 18.7. The molecule has 1 aromatic rings. The van der Waals surface area contributed by atoms with E-state index in [9.17, 15) is 9.59 Å². The number of aromatic nitrogens is 2. The Balaban J connectivity index is 0.00000225. The first-order chi connectivity index (χ1) is 13.1. The van der Waals surface area contributed by atoms with Crippen molar-refractivity contribution in [2.75, 3.05) is 45.9 Å². The van der Waals surface area contributed by atoms with Crippen LogP contribution in [0.4, 0.5) is 4.79 Å². The van der Waals surface area contributed by atoms with Crippen LogP contribution in [0.15, 0.2) is 18.5 Å². The Bertz CT molecular complexity index is 665. The van der Waals surface area contributed by atoms with Crippen molar-refractivity contribution in [3.05, 3.63) is 18.5 Å². The fraction of sp³-hybridized carbons (Fsp3) is 0.722. The van der Waals surface area contributed by atoms with Crippen LogP contribution in [0.25, 0.3) is 0 Å². The summed E-state index contributed by atoms with van der Waals surface area (Å²) in [5.41, 5.74) is -0.423. The summed E-state index contributed by atoms with van der Waals surface area (Å²) < 4.78 is 13.3. The van der Waals surface area contributed by atoms with Crippen LogP contribution < -0.4 is 5.32 Å². The van der Waals surface area contributed by atoms with Crippen molar-refractivity contribution < 1.29 is 19.1 Å². The van der Waals surface area contributed by atoms with Gasteiger partial charge in [0.25, 0.3) is 0 Å². The quantitative estimate of drug-likeness (QED) is 0.773. The number of carbonyl (C=O) groups is 2. The average molecular weight is 414 g/mol. The maximum Gasteiger partial charge on any atom is 0.410 e. The second-order valence-electron chi connectivity index (χ2n) is 7.57. The Morgan fingerprint density at radius 2 is 2.18 bits per heavy atom. The number of hydrogen-bond acceptors (Lipinski definition) is 6. The molecule has 3 fully saturated rings. The number of nitrogens with one attached hydrogen (secondary N) is 1. The van der Waals surface area contributed by atoms with Gasteiger partial charge in [-0.1, -0.05) is 0 Å². The van der Waals surface area contributed by atoms with E-state index in [-0.39, 0.29) is 37.1 Å². The summed E-state index contributed by atoms with van der Waals surface area (Å²) in [6.45, 7) is 4.64. The van der Waals surface area contributed by atoms with Crippen molar-refractivity contribution in [2.24, 2.45) is 0 Å². The van der Waals surface area contributed by atoms with Gasteiger partial charge in [-0.05, 0) is 25.6 Å². The topological polar surface area (TPSA) is 88.9 Å². The molecule has 1 spiro atoms. The van der Waals surface area contributed by atoms with Gasteiger partial charge in [0.2, 0.25) is 5.91 Å². The van der Waals surface area contributed by atoms with Gasteiger partial charge in [0, 0.05) is 44.9 Å². The van der Waals surface area contributed by atoms with E-state index in [4.69, 9.17) is 9.47 Å². The maximum atomic E-state index is 12.9. The molecule has 1 atom stereocenters. The highest BCUT2D eigenvalue weighted by atomic mass is 35.5. The number of amides is 2. The SMILES string of the molecule is Cl.O=C(CN1CC2(CCNCC2)OC1=O)N1CCCOC(Cn2cccn2)C1. The van der Waals surface area contributed by atoms with Crippen LogP contribution in [0, 0.1) is 0 Å². The second kappa shape index (κ2) is 9.11. The molecule has 4 heterocycles. The van der Waals surface area contributed by atoms with Gasteiger partial charge in [-0.3, -0.25) is 14.4 Å². The van der Waals surface area contributed by atoms with E-state index < -0.39 is 5.60 Å². The molecule has 9 nitrogen and oxygen atoms in total. The Morgan fingerprint density at radius 1 is 1.36 bits per heavy atom. The summed E-state index contributed by atoms with van der Waals surface area (Å²) in [6.07, 6.45) is 5.54. The Morgan fingerprint density at radius 3 is 2.93 bits per heavy atom. The van der Waals surface area contributed by atoms with Gasteiger partial charge < -0.3 is 19.7 Å². The first-order valence-electron chi connectivity index (χ1n) is 9.69. The van der Waals surface area contributed by atoms with Crippen LogP contribution in [-0.2, 0) is 20.8 Å². The third-order valence-electron chi connectivity index (χ3n) is 5.53. The summed E-state index contributed by atoms with van der Waals surface area (Å²) >= 11 is 0. The van der Waals surface area contributed by atoms with E-state index >= 15 is 0 Å². The molecule has 3 saturated heterocycles. The average Bonchev–Trinajstić information content (AvgIpc) is 3.18. The van der Waals surface area contributed by atoms with E-state index in [0.717, 1.165) is 32.4 Å². The van der Waals surface area contributed by atoms with E-state index in [1.165, 1.54) is 0 Å². The fourth-order valence-corrected chi connectivity index (χ4v) is 4.07. The van der Waals surface area contributed by atoms with E-state index in [0.29, 0.717) is 32.8 Å². The lowest BCUT2D eigenvalue weighted by Crippen LogP contribution is -2.47. The highest BCUT2D eigenvalue weighted by Gasteiger charge is 2.46. The molecule has 3 aliphatic rings. The monoisotopic (exact) mass is 413 g/mol. The van der Waals surface area contributed by atoms with Gasteiger partial charge in [-0.2, -0.15) is 5.10 Å². The first kappa shape index (κ1) is 20.9. The Hall–Kier alpha value is -1.84. The second-order valence-corrected chi connectivity index (χ2v) is 7.57. The van der Waals surface area contributed by atoms with Gasteiger partial charge in [-0.15, -0.1) is 12.4 Å². The Kier molecular flexibility index (Phi) is 6.79. The highest BCUT2D eigenvalue weighted by Crippen LogP contribution is 2.31. The van der Waals surface area contributed by atoms with E-state index in [2.05, 4.69) is 10.4 Å². The zero-order valence-electron chi connectivity index (χ0n) is 15.9. The summed E-state index contributed by atoms with van der Waals surface area (Å²) in [7, 11) is 0. The normalized spacial score (nSPS) is 24.6. The minimum atomic E-state index is -0.423. The molecule has 0 aromatic carbocycles. The van der Waals surface area contributed by atoms with Gasteiger partial charge in [-0.25, -0.2) is 4.79 Å². The number of ether oxygens (including phenoxy) is 2. The molecular formula is C18H28ClN5O4. The summed E-state index contributed by atoms with van der Waals surface area (Å²) in [5.74, 6) is -0.0473. The molecule has 1 aromatic heterocycles. The number of rotatable bonds is 4. The molecule has 0 bridgehead atoms. The van der Waals surface area contributed by atoms with Crippen LogP contribution in [0.5, 0.6) is 0 Å². The van der Waals surface area contributed by atoms with Gasteiger partial charge in [0.15, 0.2) is 0 Å². The Labute approximate surface area is 170 Å². The van der Waals surface area contributed by atoms with Crippen LogP contribution in [-0.4, -0.2) is 89.2 Å². The molecular weight excluding hydrogens is 386 g/mol. The molecule has 156 valence electrons. The zero-order valence-corrected chi connectivity index (χ0v) is 16.7. The third-order valence-corrected chi connectivity index (χ3v) is 5.53.